The summed E-state index contributed by atoms with van der Waals surface area (Å²) < 4.78 is 5.73. The van der Waals surface area contributed by atoms with Crippen molar-refractivity contribution < 1.29 is 9.84 Å². The van der Waals surface area contributed by atoms with Gasteiger partial charge in [0.2, 0.25) is 0 Å². The summed E-state index contributed by atoms with van der Waals surface area (Å²) in [6.07, 6.45) is 9.81. The van der Waals surface area contributed by atoms with Gasteiger partial charge >= 0.3 is 0 Å². The molecule has 3 heteroatoms. The molecule has 0 fully saturated rings. The molecule has 2 aliphatic rings. The summed E-state index contributed by atoms with van der Waals surface area (Å²) in [6, 6.07) is 3.47. The minimum absolute atomic E-state index is 0.0887. The molecule has 3 rings (SSSR count). The molecule has 0 radical (unpaired) electrons. The number of phenolic OH excluding ortho intramolecular Hbond substituents is 1. The van der Waals surface area contributed by atoms with Crippen LogP contribution in [-0.2, 0) is 0 Å². The van der Waals surface area contributed by atoms with Crippen molar-refractivity contribution in [2.24, 2.45) is 0 Å². The van der Waals surface area contributed by atoms with Gasteiger partial charge in [-0.05, 0) is 29.9 Å². The molecular weight excluding hydrogens is 220 g/mol. The van der Waals surface area contributed by atoms with E-state index in [1.54, 1.807) is 6.07 Å². The second-order valence-electron chi connectivity index (χ2n) is 3.81. The lowest BCUT2D eigenvalue weighted by molar-refractivity contribution is 0.268. The second kappa shape index (κ2) is 3.46. The van der Waals surface area contributed by atoms with Gasteiger partial charge in [0.15, 0.2) is 11.5 Å². The number of benzene rings is 1. The fourth-order valence-corrected chi connectivity index (χ4v) is 2.20. The van der Waals surface area contributed by atoms with Crippen molar-refractivity contribution in [1.29, 1.82) is 0 Å². The van der Waals surface area contributed by atoms with Gasteiger partial charge in [-0.1, -0.05) is 18.2 Å². The molecule has 1 aliphatic carbocycles. The van der Waals surface area contributed by atoms with E-state index in [0.717, 1.165) is 16.0 Å². The van der Waals surface area contributed by atoms with Crippen LogP contribution in [0.25, 0.3) is 6.08 Å². The number of phenols is 1. The molecule has 1 aliphatic heterocycles. The van der Waals surface area contributed by atoms with Gasteiger partial charge in [-0.2, -0.15) is 0 Å². The maximum atomic E-state index is 9.78. The standard InChI is InChI=1S/C13H10O2S/c14-11-7-10(16)6-9-5-8-3-1-2-4-12(8)15-13(9)11/h1-7,12,14,16H. The van der Waals surface area contributed by atoms with Crippen molar-refractivity contribution in [1.82, 2.24) is 0 Å². The first-order valence-electron chi connectivity index (χ1n) is 5.03. The maximum Gasteiger partial charge on any atom is 0.169 e. The molecule has 1 atom stereocenters. The van der Waals surface area contributed by atoms with Gasteiger partial charge in [0, 0.05) is 10.5 Å². The van der Waals surface area contributed by atoms with E-state index in [9.17, 15) is 5.11 Å². The third-order valence-electron chi connectivity index (χ3n) is 2.66. The second-order valence-corrected chi connectivity index (χ2v) is 4.33. The van der Waals surface area contributed by atoms with Gasteiger partial charge < -0.3 is 9.84 Å². The van der Waals surface area contributed by atoms with Crippen LogP contribution in [0.5, 0.6) is 11.5 Å². The zero-order valence-corrected chi connectivity index (χ0v) is 9.32. The highest BCUT2D eigenvalue weighted by molar-refractivity contribution is 7.80. The van der Waals surface area contributed by atoms with Gasteiger partial charge in [-0.3, -0.25) is 0 Å². The van der Waals surface area contributed by atoms with Crippen molar-refractivity contribution >= 4 is 18.7 Å². The topological polar surface area (TPSA) is 29.5 Å². The minimum atomic E-state index is -0.0887. The molecule has 1 aromatic rings. The Kier molecular flexibility index (Phi) is 2.07. The monoisotopic (exact) mass is 230 g/mol. The Labute approximate surface area is 99.0 Å². The highest BCUT2D eigenvalue weighted by Gasteiger charge is 2.22. The van der Waals surface area contributed by atoms with Crippen LogP contribution in [0.3, 0.4) is 0 Å². The Morgan fingerprint density at radius 3 is 3.00 bits per heavy atom. The molecule has 0 amide bonds. The summed E-state index contributed by atoms with van der Waals surface area (Å²) in [4.78, 5) is 0.727. The van der Waals surface area contributed by atoms with Crippen LogP contribution < -0.4 is 4.74 Å². The lowest BCUT2D eigenvalue weighted by Crippen LogP contribution is -2.20. The molecule has 0 bridgehead atoms. The van der Waals surface area contributed by atoms with E-state index in [-0.39, 0.29) is 11.9 Å². The zero-order valence-electron chi connectivity index (χ0n) is 8.42. The van der Waals surface area contributed by atoms with Crippen molar-refractivity contribution in [3.05, 3.63) is 47.6 Å². The highest BCUT2D eigenvalue weighted by atomic mass is 32.1. The van der Waals surface area contributed by atoms with Crippen LogP contribution >= 0.6 is 12.6 Å². The first-order chi connectivity index (χ1) is 7.74. The van der Waals surface area contributed by atoms with E-state index < -0.39 is 0 Å². The molecule has 0 saturated heterocycles. The van der Waals surface area contributed by atoms with Gasteiger partial charge in [0.25, 0.3) is 0 Å². The number of hydrogen-bond donors (Lipinski definition) is 2. The van der Waals surface area contributed by atoms with Crippen LogP contribution in [0.15, 0.2) is 46.9 Å². The number of aromatic hydroxyl groups is 1. The number of rotatable bonds is 0. The summed E-state index contributed by atoms with van der Waals surface area (Å²) in [5.41, 5.74) is 1.96. The Morgan fingerprint density at radius 1 is 1.25 bits per heavy atom. The first kappa shape index (κ1) is 9.60. The number of thiol groups is 1. The lowest BCUT2D eigenvalue weighted by atomic mass is 9.98. The summed E-state index contributed by atoms with van der Waals surface area (Å²) in [7, 11) is 0. The van der Waals surface area contributed by atoms with Crippen molar-refractivity contribution in [3.63, 3.8) is 0 Å². The summed E-state index contributed by atoms with van der Waals surface area (Å²) in [5, 5.41) is 9.78. The molecule has 0 spiro atoms. The van der Waals surface area contributed by atoms with Crippen molar-refractivity contribution in [3.8, 4) is 11.5 Å². The SMILES string of the molecule is Oc1cc(S)cc2c1OC1C=CC=CC1=C2. The van der Waals surface area contributed by atoms with Gasteiger partial charge in [0.05, 0.1) is 0 Å². The number of ether oxygens (including phenoxy) is 1. The first-order valence-corrected chi connectivity index (χ1v) is 5.48. The van der Waals surface area contributed by atoms with E-state index in [1.807, 2.05) is 36.4 Å². The number of hydrogen-bond acceptors (Lipinski definition) is 3. The predicted molar refractivity (Wildman–Crippen MR) is 66.0 cm³/mol. The minimum Gasteiger partial charge on any atom is -0.504 e. The van der Waals surface area contributed by atoms with E-state index in [4.69, 9.17) is 4.74 Å². The van der Waals surface area contributed by atoms with Crippen LogP contribution in [-0.4, -0.2) is 11.2 Å². The quantitative estimate of drug-likeness (QED) is 0.671. The average molecular weight is 230 g/mol. The summed E-state index contributed by atoms with van der Waals surface area (Å²) in [6.45, 7) is 0. The van der Waals surface area contributed by atoms with Gasteiger partial charge in [-0.15, -0.1) is 12.6 Å². The van der Waals surface area contributed by atoms with Crippen LogP contribution in [0.4, 0.5) is 0 Å². The Morgan fingerprint density at radius 2 is 2.12 bits per heavy atom. The molecule has 1 aromatic carbocycles. The summed E-state index contributed by atoms with van der Waals surface area (Å²) >= 11 is 4.23. The van der Waals surface area contributed by atoms with Gasteiger partial charge in [-0.25, -0.2) is 0 Å². The number of fused-ring (bicyclic) bond motifs is 2. The third kappa shape index (κ3) is 1.44. The lowest BCUT2D eigenvalue weighted by Gasteiger charge is -2.25. The van der Waals surface area contributed by atoms with Crippen LogP contribution in [0.2, 0.25) is 0 Å². The Balaban J connectivity index is 2.17. The van der Waals surface area contributed by atoms with Crippen molar-refractivity contribution in [2.75, 3.05) is 0 Å². The molecule has 1 N–H and O–H groups in total. The largest absolute Gasteiger partial charge is 0.504 e. The molecule has 80 valence electrons. The fourth-order valence-electron chi connectivity index (χ4n) is 1.94. The zero-order chi connectivity index (χ0) is 11.1. The van der Waals surface area contributed by atoms with Crippen LogP contribution in [0, 0.1) is 0 Å². The van der Waals surface area contributed by atoms with Gasteiger partial charge in [0.1, 0.15) is 6.10 Å². The maximum absolute atomic E-state index is 9.78. The Hall–Kier alpha value is -1.61. The molecule has 1 unspecified atom stereocenters. The molecule has 2 nitrogen and oxygen atoms in total. The fraction of sp³-hybridized carbons (Fsp3) is 0.0769. The number of allylic oxidation sites excluding steroid dienone is 2. The smallest absolute Gasteiger partial charge is 0.169 e. The van der Waals surface area contributed by atoms with E-state index in [0.29, 0.717) is 5.75 Å². The molecule has 0 aromatic heterocycles. The highest BCUT2D eigenvalue weighted by Crippen LogP contribution is 2.40. The molecule has 16 heavy (non-hydrogen) atoms. The summed E-state index contributed by atoms with van der Waals surface area (Å²) in [5.74, 6) is 0.673. The average Bonchev–Trinajstić information content (AvgIpc) is 2.27. The van der Waals surface area contributed by atoms with E-state index in [1.165, 1.54) is 0 Å². The van der Waals surface area contributed by atoms with E-state index >= 15 is 0 Å². The predicted octanol–water partition coefficient (Wildman–Crippen LogP) is 2.95. The van der Waals surface area contributed by atoms with Crippen molar-refractivity contribution in [2.45, 2.75) is 11.0 Å². The molecule has 1 heterocycles. The molecule has 0 saturated carbocycles. The third-order valence-corrected chi connectivity index (χ3v) is 2.92. The Bertz CT molecular complexity index is 541. The van der Waals surface area contributed by atoms with Crippen LogP contribution in [0.1, 0.15) is 5.56 Å². The molecular formula is C13H10O2S. The van der Waals surface area contributed by atoms with E-state index in [2.05, 4.69) is 12.6 Å². The normalized spacial score (nSPS) is 20.8.